The fourth-order valence-corrected chi connectivity index (χ4v) is 2.32. The van der Waals surface area contributed by atoms with Crippen LogP contribution in [0, 0.1) is 0 Å². The van der Waals surface area contributed by atoms with Crippen molar-refractivity contribution in [2.75, 3.05) is 19.1 Å². The SMILES string of the molecule is Cn1ccc(CNC2(CCl)CCOCC2)n1. The summed E-state index contributed by atoms with van der Waals surface area (Å²) >= 11 is 6.06. The van der Waals surface area contributed by atoms with Crippen molar-refractivity contribution < 1.29 is 4.74 Å². The Balaban J connectivity index is 1.91. The van der Waals surface area contributed by atoms with Gasteiger partial charge in [-0.2, -0.15) is 5.10 Å². The number of hydrogen-bond acceptors (Lipinski definition) is 3. The zero-order chi connectivity index (χ0) is 11.4. The zero-order valence-corrected chi connectivity index (χ0v) is 10.3. The topological polar surface area (TPSA) is 39.1 Å². The zero-order valence-electron chi connectivity index (χ0n) is 9.58. The molecule has 5 heteroatoms. The average Bonchev–Trinajstić information content (AvgIpc) is 2.74. The van der Waals surface area contributed by atoms with E-state index >= 15 is 0 Å². The summed E-state index contributed by atoms with van der Waals surface area (Å²) in [5, 5.41) is 7.87. The van der Waals surface area contributed by atoms with Gasteiger partial charge in [0.1, 0.15) is 0 Å². The molecular weight excluding hydrogens is 226 g/mol. The first-order valence-electron chi connectivity index (χ1n) is 5.61. The van der Waals surface area contributed by atoms with E-state index in [1.54, 1.807) is 0 Å². The Kier molecular flexibility index (Phi) is 3.84. The summed E-state index contributed by atoms with van der Waals surface area (Å²) in [6.45, 7) is 2.36. The van der Waals surface area contributed by atoms with Crippen LogP contribution < -0.4 is 5.32 Å². The molecule has 0 aliphatic carbocycles. The number of aryl methyl sites for hydroxylation is 1. The maximum Gasteiger partial charge on any atom is 0.0762 e. The second kappa shape index (κ2) is 5.17. The molecule has 0 amide bonds. The Morgan fingerprint density at radius 1 is 1.56 bits per heavy atom. The summed E-state index contributed by atoms with van der Waals surface area (Å²) in [4.78, 5) is 0. The Labute approximate surface area is 101 Å². The molecule has 0 radical (unpaired) electrons. The molecule has 1 aliphatic rings. The van der Waals surface area contributed by atoms with E-state index in [1.807, 2.05) is 24.0 Å². The molecule has 0 aromatic carbocycles. The van der Waals surface area contributed by atoms with E-state index in [9.17, 15) is 0 Å². The summed E-state index contributed by atoms with van der Waals surface area (Å²) in [6, 6.07) is 2.02. The molecule has 2 rings (SSSR count). The van der Waals surface area contributed by atoms with Gasteiger partial charge in [0.05, 0.1) is 5.69 Å². The summed E-state index contributed by atoms with van der Waals surface area (Å²) in [7, 11) is 1.93. The minimum Gasteiger partial charge on any atom is -0.381 e. The second-order valence-corrected chi connectivity index (χ2v) is 4.63. The number of nitrogens with zero attached hydrogens (tertiary/aromatic N) is 2. The van der Waals surface area contributed by atoms with Gasteiger partial charge < -0.3 is 10.1 Å². The largest absolute Gasteiger partial charge is 0.381 e. The minimum atomic E-state index is 0.0251. The van der Waals surface area contributed by atoms with E-state index < -0.39 is 0 Å². The molecular formula is C11H18ClN3O. The number of ether oxygens (including phenoxy) is 1. The molecule has 0 unspecified atom stereocenters. The Morgan fingerprint density at radius 3 is 2.88 bits per heavy atom. The van der Waals surface area contributed by atoms with Crippen LogP contribution in [0.3, 0.4) is 0 Å². The van der Waals surface area contributed by atoms with E-state index in [2.05, 4.69) is 10.4 Å². The molecule has 1 aromatic heterocycles. The van der Waals surface area contributed by atoms with E-state index in [1.165, 1.54) is 0 Å². The minimum absolute atomic E-state index is 0.0251. The number of nitrogens with one attached hydrogen (secondary N) is 1. The lowest BCUT2D eigenvalue weighted by molar-refractivity contribution is 0.0457. The number of hydrogen-bond donors (Lipinski definition) is 1. The van der Waals surface area contributed by atoms with E-state index in [-0.39, 0.29) is 5.54 Å². The molecule has 1 aliphatic heterocycles. The summed E-state index contributed by atoms with van der Waals surface area (Å²) in [5.41, 5.74) is 1.08. The van der Waals surface area contributed by atoms with Gasteiger partial charge in [-0.15, -0.1) is 11.6 Å². The molecule has 0 atom stereocenters. The van der Waals surface area contributed by atoms with Crippen molar-refractivity contribution in [1.29, 1.82) is 0 Å². The van der Waals surface area contributed by atoms with Gasteiger partial charge in [0.25, 0.3) is 0 Å². The predicted molar refractivity (Wildman–Crippen MR) is 63.6 cm³/mol. The summed E-state index contributed by atoms with van der Waals surface area (Å²) < 4.78 is 7.18. The van der Waals surface area contributed by atoms with Gasteiger partial charge in [-0.3, -0.25) is 4.68 Å². The van der Waals surface area contributed by atoms with Crippen LogP contribution in [0.25, 0.3) is 0 Å². The summed E-state index contributed by atoms with van der Waals surface area (Å²) in [6.07, 6.45) is 3.90. The van der Waals surface area contributed by atoms with Gasteiger partial charge in [-0.05, 0) is 18.9 Å². The molecule has 0 bridgehead atoms. The molecule has 1 saturated heterocycles. The van der Waals surface area contributed by atoms with Crippen LogP contribution in [0.2, 0.25) is 0 Å². The van der Waals surface area contributed by atoms with Gasteiger partial charge in [-0.25, -0.2) is 0 Å². The third-order valence-corrected chi connectivity index (χ3v) is 3.63. The Bertz CT molecular complexity index is 334. The quantitative estimate of drug-likeness (QED) is 0.811. The lowest BCUT2D eigenvalue weighted by atomic mass is 9.92. The van der Waals surface area contributed by atoms with Crippen LogP contribution >= 0.6 is 11.6 Å². The second-order valence-electron chi connectivity index (χ2n) is 4.36. The highest BCUT2D eigenvalue weighted by Crippen LogP contribution is 2.22. The Morgan fingerprint density at radius 2 is 2.31 bits per heavy atom. The van der Waals surface area contributed by atoms with E-state index in [4.69, 9.17) is 16.3 Å². The van der Waals surface area contributed by atoms with Crippen molar-refractivity contribution in [1.82, 2.24) is 15.1 Å². The molecule has 1 N–H and O–H groups in total. The molecule has 4 nitrogen and oxygen atoms in total. The van der Waals surface area contributed by atoms with Gasteiger partial charge in [0.15, 0.2) is 0 Å². The van der Waals surface area contributed by atoms with Crippen LogP contribution in [0.15, 0.2) is 12.3 Å². The van der Waals surface area contributed by atoms with Crippen LogP contribution in [0.4, 0.5) is 0 Å². The molecule has 0 saturated carbocycles. The van der Waals surface area contributed by atoms with Crippen LogP contribution in [-0.2, 0) is 18.3 Å². The first kappa shape index (κ1) is 11.9. The van der Waals surface area contributed by atoms with Gasteiger partial charge in [-0.1, -0.05) is 0 Å². The summed E-state index contributed by atoms with van der Waals surface area (Å²) in [5.74, 6) is 0.628. The monoisotopic (exact) mass is 243 g/mol. The van der Waals surface area contributed by atoms with E-state index in [0.717, 1.165) is 38.3 Å². The lowest BCUT2D eigenvalue weighted by Crippen LogP contribution is -2.50. The standard InChI is InChI=1S/C11H18ClN3O/c1-15-5-2-10(14-15)8-13-11(9-12)3-6-16-7-4-11/h2,5,13H,3-4,6-9H2,1H3. The number of halogens is 1. The molecule has 1 aromatic rings. The molecule has 90 valence electrons. The van der Waals surface area contributed by atoms with E-state index in [0.29, 0.717) is 5.88 Å². The maximum absolute atomic E-state index is 6.06. The molecule has 16 heavy (non-hydrogen) atoms. The van der Waals surface area contributed by atoms with Crippen molar-refractivity contribution in [3.05, 3.63) is 18.0 Å². The van der Waals surface area contributed by atoms with Crippen LogP contribution in [-0.4, -0.2) is 34.4 Å². The van der Waals surface area contributed by atoms with Crippen LogP contribution in [0.1, 0.15) is 18.5 Å². The Hall–Kier alpha value is -0.580. The highest BCUT2D eigenvalue weighted by molar-refractivity contribution is 6.18. The molecule has 0 spiro atoms. The first-order valence-corrected chi connectivity index (χ1v) is 6.15. The average molecular weight is 244 g/mol. The number of rotatable bonds is 4. The fraction of sp³-hybridized carbons (Fsp3) is 0.727. The van der Waals surface area contributed by atoms with Crippen molar-refractivity contribution in [2.24, 2.45) is 7.05 Å². The van der Waals surface area contributed by atoms with Gasteiger partial charge >= 0.3 is 0 Å². The fourth-order valence-electron chi connectivity index (χ4n) is 1.96. The highest BCUT2D eigenvalue weighted by atomic mass is 35.5. The predicted octanol–water partition coefficient (Wildman–Crippen LogP) is 1.30. The normalized spacial score (nSPS) is 19.9. The maximum atomic E-state index is 6.06. The first-order chi connectivity index (χ1) is 7.74. The van der Waals surface area contributed by atoms with Crippen molar-refractivity contribution in [2.45, 2.75) is 24.9 Å². The highest BCUT2D eigenvalue weighted by Gasteiger charge is 2.31. The number of aromatic nitrogens is 2. The molecule has 1 fully saturated rings. The van der Waals surface area contributed by atoms with Crippen LogP contribution in [0.5, 0.6) is 0 Å². The third kappa shape index (κ3) is 2.75. The lowest BCUT2D eigenvalue weighted by Gasteiger charge is -2.36. The number of alkyl halides is 1. The third-order valence-electron chi connectivity index (χ3n) is 3.12. The van der Waals surface area contributed by atoms with Crippen molar-refractivity contribution in [3.63, 3.8) is 0 Å². The van der Waals surface area contributed by atoms with Crippen molar-refractivity contribution >= 4 is 11.6 Å². The van der Waals surface area contributed by atoms with Gasteiger partial charge in [0.2, 0.25) is 0 Å². The van der Waals surface area contributed by atoms with Gasteiger partial charge in [0, 0.05) is 44.4 Å². The smallest absolute Gasteiger partial charge is 0.0762 e. The molecule has 2 heterocycles. The van der Waals surface area contributed by atoms with Crippen molar-refractivity contribution in [3.8, 4) is 0 Å².